The van der Waals surface area contributed by atoms with Gasteiger partial charge in [-0.1, -0.05) is 6.92 Å². The number of hydrogen-bond acceptors (Lipinski definition) is 5. The average molecular weight is 369 g/mol. The molecule has 3 aromatic rings. The van der Waals surface area contributed by atoms with Crippen LogP contribution >= 0.6 is 11.3 Å². The van der Waals surface area contributed by atoms with Crippen molar-refractivity contribution in [3.63, 3.8) is 0 Å². The molecule has 1 N–H and O–H groups in total. The Balaban J connectivity index is 1.90. The van der Waals surface area contributed by atoms with Gasteiger partial charge in [-0.3, -0.25) is 19.0 Å². The molecular formula is C19H19N3O3S. The Labute approximate surface area is 154 Å². The molecule has 134 valence electrons. The number of anilines is 1. The van der Waals surface area contributed by atoms with Gasteiger partial charge >= 0.3 is 0 Å². The van der Waals surface area contributed by atoms with Gasteiger partial charge in [0.25, 0.3) is 5.56 Å². The standard InChI is InChI=1S/C19H19N3O3S/c1-4-15-9-16-18(26-15)20-10-22(19(16)25)11(2)17(24)13-5-7-14(8-6-13)21-12(3)23/h5-11H,4H2,1-3H3,(H,21,23). The van der Waals surface area contributed by atoms with Crippen molar-refractivity contribution in [2.45, 2.75) is 33.2 Å². The smallest absolute Gasteiger partial charge is 0.262 e. The number of thiophene rings is 1. The Bertz CT molecular complexity index is 1030. The van der Waals surface area contributed by atoms with Crippen molar-refractivity contribution < 1.29 is 9.59 Å². The predicted molar refractivity (Wildman–Crippen MR) is 103 cm³/mol. The zero-order chi connectivity index (χ0) is 18.8. The normalized spacial score (nSPS) is 12.1. The predicted octanol–water partition coefficient (Wildman–Crippen LogP) is 3.42. The van der Waals surface area contributed by atoms with Gasteiger partial charge in [0.05, 0.1) is 17.8 Å². The molecule has 1 atom stereocenters. The van der Waals surface area contributed by atoms with E-state index in [1.165, 1.54) is 29.2 Å². The van der Waals surface area contributed by atoms with Gasteiger partial charge in [-0.15, -0.1) is 11.3 Å². The number of nitrogens with zero attached hydrogens (tertiary/aromatic N) is 2. The van der Waals surface area contributed by atoms with Crippen molar-refractivity contribution >= 4 is 38.9 Å². The number of nitrogens with one attached hydrogen (secondary N) is 1. The number of carbonyl (C=O) groups is 2. The number of Topliss-reactive ketones (excluding diaryl/α,β-unsaturated/α-hetero) is 1. The fourth-order valence-corrected chi connectivity index (χ4v) is 3.65. The Kier molecular flexibility index (Phi) is 4.99. The summed E-state index contributed by atoms with van der Waals surface area (Å²) in [5.41, 5.74) is 0.882. The second-order valence-corrected chi connectivity index (χ2v) is 7.16. The van der Waals surface area contributed by atoms with Crippen LogP contribution in [0.25, 0.3) is 10.2 Å². The second-order valence-electron chi connectivity index (χ2n) is 6.04. The number of aryl methyl sites for hydroxylation is 1. The number of fused-ring (bicyclic) bond motifs is 1. The molecule has 0 saturated carbocycles. The summed E-state index contributed by atoms with van der Waals surface area (Å²) >= 11 is 1.50. The van der Waals surface area contributed by atoms with Crippen molar-refractivity contribution in [3.05, 3.63) is 57.5 Å². The Hall–Kier alpha value is -2.80. The van der Waals surface area contributed by atoms with Crippen LogP contribution in [0.15, 0.2) is 41.5 Å². The Morgan fingerprint density at radius 1 is 1.27 bits per heavy atom. The number of benzene rings is 1. The molecule has 3 rings (SSSR count). The molecule has 26 heavy (non-hydrogen) atoms. The molecule has 1 unspecified atom stereocenters. The summed E-state index contributed by atoms with van der Waals surface area (Å²) in [5.74, 6) is -0.362. The second kappa shape index (κ2) is 7.21. The molecule has 1 aromatic carbocycles. The maximum Gasteiger partial charge on any atom is 0.262 e. The van der Waals surface area contributed by atoms with E-state index < -0.39 is 6.04 Å². The summed E-state index contributed by atoms with van der Waals surface area (Å²) in [5, 5.41) is 3.21. The summed E-state index contributed by atoms with van der Waals surface area (Å²) in [7, 11) is 0. The molecule has 2 aromatic heterocycles. The maximum atomic E-state index is 12.8. The van der Waals surface area contributed by atoms with E-state index in [9.17, 15) is 14.4 Å². The summed E-state index contributed by atoms with van der Waals surface area (Å²) in [6, 6.07) is 7.79. The van der Waals surface area contributed by atoms with Gasteiger partial charge in [-0.05, 0) is 43.7 Å². The van der Waals surface area contributed by atoms with Crippen LogP contribution < -0.4 is 10.9 Å². The highest BCUT2D eigenvalue weighted by molar-refractivity contribution is 7.18. The lowest BCUT2D eigenvalue weighted by molar-refractivity contribution is -0.114. The molecular weight excluding hydrogens is 350 g/mol. The fourth-order valence-electron chi connectivity index (χ4n) is 2.73. The highest BCUT2D eigenvalue weighted by atomic mass is 32.1. The number of carbonyl (C=O) groups excluding carboxylic acids is 2. The van der Waals surface area contributed by atoms with Crippen LogP contribution in [0.5, 0.6) is 0 Å². The molecule has 7 heteroatoms. The molecule has 0 aliphatic heterocycles. The third-order valence-electron chi connectivity index (χ3n) is 4.16. The van der Waals surface area contributed by atoms with E-state index >= 15 is 0 Å². The highest BCUT2D eigenvalue weighted by Crippen LogP contribution is 2.22. The molecule has 0 radical (unpaired) electrons. The molecule has 6 nitrogen and oxygen atoms in total. The van der Waals surface area contributed by atoms with Gasteiger partial charge in [0.2, 0.25) is 5.91 Å². The van der Waals surface area contributed by atoms with Crippen LogP contribution in [-0.4, -0.2) is 21.2 Å². The first-order chi connectivity index (χ1) is 12.4. The van der Waals surface area contributed by atoms with Gasteiger partial charge in [-0.25, -0.2) is 4.98 Å². The van der Waals surface area contributed by atoms with E-state index in [1.54, 1.807) is 31.2 Å². The van der Waals surface area contributed by atoms with Crippen molar-refractivity contribution in [1.82, 2.24) is 9.55 Å². The number of rotatable bonds is 5. The van der Waals surface area contributed by atoms with Gasteiger partial charge in [0.1, 0.15) is 4.83 Å². The van der Waals surface area contributed by atoms with Crippen molar-refractivity contribution in [1.29, 1.82) is 0 Å². The van der Waals surface area contributed by atoms with Crippen LogP contribution in [0, 0.1) is 0 Å². The number of ketones is 1. The summed E-state index contributed by atoms with van der Waals surface area (Å²) in [4.78, 5) is 42.7. The van der Waals surface area contributed by atoms with E-state index in [2.05, 4.69) is 10.3 Å². The molecule has 1 amide bonds. The lowest BCUT2D eigenvalue weighted by atomic mass is 10.0. The summed E-state index contributed by atoms with van der Waals surface area (Å²) in [6.45, 7) is 5.14. The third-order valence-corrected chi connectivity index (χ3v) is 5.35. The number of amides is 1. The van der Waals surface area contributed by atoms with E-state index in [0.717, 1.165) is 11.3 Å². The Morgan fingerprint density at radius 2 is 1.96 bits per heavy atom. The minimum Gasteiger partial charge on any atom is -0.326 e. The minimum absolute atomic E-state index is 0.175. The van der Waals surface area contributed by atoms with E-state index in [1.807, 2.05) is 13.0 Å². The summed E-state index contributed by atoms with van der Waals surface area (Å²) < 4.78 is 1.37. The average Bonchev–Trinajstić information content (AvgIpc) is 3.05. The number of hydrogen-bond donors (Lipinski definition) is 1. The zero-order valence-electron chi connectivity index (χ0n) is 14.8. The summed E-state index contributed by atoms with van der Waals surface area (Å²) in [6.07, 6.45) is 2.28. The van der Waals surface area contributed by atoms with Crippen molar-refractivity contribution in [3.8, 4) is 0 Å². The van der Waals surface area contributed by atoms with E-state index in [4.69, 9.17) is 0 Å². The molecule has 0 fully saturated rings. The molecule has 0 saturated heterocycles. The molecule has 0 aliphatic rings. The zero-order valence-corrected chi connectivity index (χ0v) is 15.6. The van der Waals surface area contributed by atoms with Crippen LogP contribution in [0.3, 0.4) is 0 Å². The highest BCUT2D eigenvalue weighted by Gasteiger charge is 2.20. The van der Waals surface area contributed by atoms with Crippen LogP contribution in [0.4, 0.5) is 5.69 Å². The van der Waals surface area contributed by atoms with Gasteiger partial charge < -0.3 is 5.32 Å². The minimum atomic E-state index is -0.670. The lowest BCUT2D eigenvalue weighted by Gasteiger charge is -2.14. The molecule has 0 bridgehead atoms. The molecule has 0 spiro atoms. The van der Waals surface area contributed by atoms with E-state index in [0.29, 0.717) is 21.5 Å². The number of aromatic nitrogens is 2. The first kappa shape index (κ1) is 18.0. The lowest BCUT2D eigenvalue weighted by Crippen LogP contribution is -2.28. The SMILES string of the molecule is CCc1cc2c(=O)n(C(C)C(=O)c3ccc(NC(C)=O)cc3)cnc2s1. The fraction of sp³-hybridized carbons (Fsp3) is 0.263. The van der Waals surface area contributed by atoms with Crippen LogP contribution in [-0.2, 0) is 11.2 Å². The topological polar surface area (TPSA) is 81.1 Å². The van der Waals surface area contributed by atoms with Gasteiger partial charge in [0, 0.05) is 23.1 Å². The quantitative estimate of drug-likeness (QED) is 0.699. The molecule has 0 aliphatic carbocycles. The van der Waals surface area contributed by atoms with Gasteiger partial charge in [-0.2, -0.15) is 0 Å². The van der Waals surface area contributed by atoms with Crippen LogP contribution in [0.2, 0.25) is 0 Å². The monoisotopic (exact) mass is 369 g/mol. The largest absolute Gasteiger partial charge is 0.326 e. The van der Waals surface area contributed by atoms with Crippen LogP contribution in [0.1, 0.15) is 42.0 Å². The van der Waals surface area contributed by atoms with E-state index in [-0.39, 0.29) is 17.2 Å². The van der Waals surface area contributed by atoms with Crippen molar-refractivity contribution in [2.24, 2.45) is 0 Å². The first-order valence-electron chi connectivity index (χ1n) is 8.32. The molecule has 2 heterocycles. The first-order valence-corrected chi connectivity index (χ1v) is 9.13. The third kappa shape index (κ3) is 3.43. The van der Waals surface area contributed by atoms with Gasteiger partial charge in [0.15, 0.2) is 5.78 Å². The Morgan fingerprint density at radius 3 is 2.58 bits per heavy atom. The maximum absolute atomic E-state index is 12.8. The van der Waals surface area contributed by atoms with Crippen molar-refractivity contribution in [2.75, 3.05) is 5.32 Å².